The second-order valence-electron chi connectivity index (χ2n) is 8.13. The molecule has 3 fully saturated rings. The van der Waals surface area contributed by atoms with Crippen molar-refractivity contribution in [3.8, 4) is 0 Å². The van der Waals surface area contributed by atoms with Crippen LogP contribution in [0.2, 0.25) is 0 Å². The van der Waals surface area contributed by atoms with E-state index in [1.807, 2.05) is 6.20 Å². The molecule has 2 aliphatic carbocycles. The molecule has 3 nitrogen and oxygen atoms in total. The minimum absolute atomic E-state index is 0.541. The first-order valence-corrected chi connectivity index (χ1v) is 9.65. The minimum atomic E-state index is 0.541. The molecule has 2 saturated carbocycles. The van der Waals surface area contributed by atoms with E-state index in [9.17, 15) is 0 Å². The lowest BCUT2D eigenvalue weighted by Crippen LogP contribution is -2.38. The Hall–Kier alpha value is -0.930. The van der Waals surface area contributed by atoms with Crippen LogP contribution in [-0.4, -0.2) is 36.1 Å². The summed E-state index contributed by atoms with van der Waals surface area (Å²) >= 11 is 0. The molecule has 0 aromatic carbocycles. The number of nitrogens with zero attached hydrogens (tertiary/aromatic N) is 2. The molecule has 0 amide bonds. The van der Waals surface area contributed by atoms with E-state index < -0.39 is 0 Å². The van der Waals surface area contributed by atoms with Crippen molar-refractivity contribution in [1.82, 2.24) is 15.2 Å². The van der Waals surface area contributed by atoms with Crippen LogP contribution in [0.5, 0.6) is 0 Å². The second kappa shape index (κ2) is 6.90. The number of aromatic nitrogens is 1. The van der Waals surface area contributed by atoms with Gasteiger partial charge in [-0.05, 0) is 75.1 Å². The van der Waals surface area contributed by atoms with Crippen LogP contribution >= 0.6 is 0 Å². The predicted octanol–water partition coefficient (Wildman–Crippen LogP) is 3.63. The fraction of sp³-hybridized carbons (Fsp3) is 0.750. The fourth-order valence-corrected chi connectivity index (χ4v) is 5.04. The summed E-state index contributed by atoms with van der Waals surface area (Å²) in [6.07, 6.45) is 14.0. The lowest BCUT2D eigenvalue weighted by atomic mass is 9.82. The maximum absolute atomic E-state index is 4.34. The van der Waals surface area contributed by atoms with Gasteiger partial charge < -0.3 is 5.32 Å². The van der Waals surface area contributed by atoms with Crippen LogP contribution in [0, 0.1) is 17.8 Å². The van der Waals surface area contributed by atoms with Gasteiger partial charge in [-0.15, -0.1) is 0 Å². The van der Waals surface area contributed by atoms with E-state index in [2.05, 4.69) is 40.6 Å². The predicted molar refractivity (Wildman–Crippen MR) is 94.2 cm³/mol. The van der Waals surface area contributed by atoms with Crippen molar-refractivity contribution in [2.75, 3.05) is 20.1 Å². The van der Waals surface area contributed by atoms with Crippen molar-refractivity contribution in [2.24, 2.45) is 17.8 Å². The van der Waals surface area contributed by atoms with Crippen LogP contribution < -0.4 is 5.32 Å². The molecule has 1 aromatic heterocycles. The van der Waals surface area contributed by atoms with Crippen molar-refractivity contribution in [1.29, 1.82) is 0 Å². The summed E-state index contributed by atoms with van der Waals surface area (Å²) in [5, 5.41) is 3.95. The molecule has 1 saturated heterocycles. The van der Waals surface area contributed by atoms with Gasteiger partial charge in [-0.3, -0.25) is 9.88 Å². The summed E-state index contributed by atoms with van der Waals surface area (Å²) in [5.74, 6) is 2.84. The molecule has 126 valence electrons. The highest BCUT2D eigenvalue weighted by Crippen LogP contribution is 2.44. The number of likely N-dealkylation sites (tertiary alicyclic amines) is 1. The number of hydrogen-bond donors (Lipinski definition) is 1. The van der Waals surface area contributed by atoms with E-state index in [4.69, 9.17) is 0 Å². The summed E-state index contributed by atoms with van der Waals surface area (Å²) in [6, 6.07) is 5.64. The maximum Gasteiger partial charge on any atom is 0.0401 e. The third kappa shape index (κ3) is 3.61. The van der Waals surface area contributed by atoms with Crippen molar-refractivity contribution in [3.05, 3.63) is 30.1 Å². The van der Waals surface area contributed by atoms with Crippen molar-refractivity contribution in [2.45, 2.75) is 57.0 Å². The van der Waals surface area contributed by atoms with Gasteiger partial charge in [0.2, 0.25) is 0 Å². The average Bonchev–Trinajstić information content (AvgIpc) is 3.38. The summed E-state index contributed by atoms with van der Waals surface area (Å²) < 4.78 is 0. The van der Waals surface area contributed by atoms with E-state index in [0.29, 0.717) is 6.04 Å². The molecular formula is C20H31N3. The van der Waals surface area contributed by atoms with Crippen LogP contribution in [0.1, 0.15) is 56.6 Å². The zero-order valence-corrected chi connectivity index (χ0v) is 14.5. The van der Waals surface area contributed by atoms with Crippen LogP contribution in [0.25, 0.3) is 0 Å². The Balaban J connectivity index is 1.34. The Morgan fingerprint density at radius 1 is 1.17 bits per heavy atom. The molecule has 3 aliphatic rings. The third-order valence-corrected chi connectivity index (χ3v) is 6.47. The van der Waals surface area contributed by atoms with Gasteiger partial charge >= 0.3 is 0 Å². The summed E-state index contributed by atoms with van der Waals surface area (Å²) in [5.41, 5.74) is 1.39. The lowest BCUT2D eigenvalue weighted by Gasteiger charge is -2.32. The Morgan fingerprint density at radius 3 is 2.87 bits per heavy atom. The van der Waals surface area contributed by atoms with Gasteiger partial charge in [0.1, 0.15) is 0 Å². The van der Waals surface area contributed by atoms with Crippen molar-refractivity contribution < 1.29 is 0 Å². The number of hydrogen-bond acceptors (Lipinski definition) is 3. The normalized spacial score (nSPS) is 35.5. The van der Waals surface area contributed by atoms with Gasteiger partial charge in [-0.25, -0.2) is 0 Å². The molecule has 4 rings (SSSR count). The highest BCUT2D eigenvalue weighted by atomic mass is 15.2. The largest absolute Gasteiger partial charge is 0.314 e. The first-order valence-electron chi connectivity index (χ1n) is 9.65. The fourth-order valence-electron chi connectivity index (χ4n) is 5.04. The SMILES string of the molecule is CN1CC[C@@H](CN[C@@H]2CCC[C@H](C3CC3)C2)[C@@H]1c1cccnc1. The second-order valence-corrected chi connectivity index (χ2v) is 8.13. The molecule has 0 spiro atoms. The van der Waals surface area contributed by atoms with Crippen LogP contribution in [0.3, 0.4) is 0 Å². The van der Waals surface area contributed by atoms with Gasteiger partial charge in [-0.2, -0.15) is 0 Å². The van der Waals surface area contributed by atoms with Crippen molar-refractivity contribution >= 4 is 0 Å². The number of pyridine rings is 1. The molecule has 23 heavy (non-hydrogen) atoms. The Labute approximate surface area is 140 Å². The standard InChI is InChI=1S/C20H31N3/c1-23-11-9-18(20(23)17-5-3-10-21-13-17)14-22-19-6-2-4-16(12-19)15-7-8-15/h3,5,10,13,15-16,18-20,22H,2,4,6-9,11-12,14H2,1H3/t16-,18-,19+,20-/m0/s1. The smallest absolute Gasteiger partial charge is 0.0401 e. The molecule has 1 N–H and O–H groups in total. The maximum atomic E-state index is 4.34. The summed E-state index contributed by atoms with van der Waals surface area (Å²) in [4.78, 5) is 6.85. The third-order valence-electron chi connectivity index (χ3n) is 6.47. The monoisotopic (exact) mass is 313 g/mol. The molecule has 0 bridgehead atoms. The molecule has 2 heterocycles. The molecule has 4 atom stereocenters. The van der Waals surface area contributed by atoms with E-state index in [0.717, 1.165) is 23.8 Å². The first-order chi connectivity index (χ1) is 11.3. The van der Waals surface area contributed by atoms with E-state index in [1.54, 1.807) is 0 Å². The van der Waals surface area contributed by atoms with Gasteiger partial charge in [0.25, 0.3) is 0 Å². The molecular weight excluding hydrogens is 282 g/mol. The lowest BCUT2D eigenvalue weighted by molar-refractivity contribution is 0.233. The molecule has 0 unspecified atom stereocenters. The molecule has 1 aliphatic heterocycles. The Morgan fingerprint density at radius 2 is 2.09 bits per heavy atom. The van der Waals surface area contributed by atoms with Gasteiger partial charge in [0, 0.05) is 31.0 Å². The van der Waals surface area contributed by atoms with Crippen LogP contribution in [0.15, 0.2) is 24.5 Å². The minimum Gasteiger partial charge on any atom is -0.314 e. The van der Waals surface area contributed by atoms with E-state index >= 15 is 0 Å². The highest BCUT2D eigenvalue weighted by Gasteiger charge is 2.36. The van der Waals surface area contributed by atoms with Gasteiger partial charge in [0.05, 0.1) is 0 Å². The summed E-state index contributed by atoms with van der Waals surface area (Å²) in [7, 11) is 2.27. The van der Waals surface area contributed by atoms with Crippen LogP contribution in [-0.2, 0) is 0 Å². The molecule has 0 radical (unpaired) electrons. The van der Waals surface area contributed by atoms with E-state index in [1.165, 1.54) is 63.6 Å². The molecule has 3 heteroatoms. The Bertz CT molecular complexity index is 499. The number of nitrogens with one attached hydrogen (secondary N) is 1. The van der Waals surface area contributed by atoms with Gasteiger partial charge in [-0.1, -0.05) is 18.9 Å². The Kier molecular flexibility index (Phi) is 4.68. The van der Waals surface area contributed by atoms with E-state index in [-0.39, 0.29) is 0 Å². The van der Waals surface area contributed by atoms with Crippen LogP contribution in [0.4, 0.5) is 0 Å². The van der Waals surface area contributed by atoms with Gasteiger partial charge in [0.15, 0.2) is 0 Å². The quantitative estimate of drug-likeness (QED) is 0.899. The molecule has 1 aromatic rings. The topological polar surface area (TPSA) is 28.2 Å². The summed E-state index contributed by atoms with van der Waals surface area (Å²) in [6.45, 7) is 2.38. The zero-order chi connectivity index (χ0) is 15.6. The zero-order valence-electron chi connectivity index (χ0n) is 14.5. The average molecular weight is 313 g/mol. The number of rotatable bonds is 5. The first kappa shape index (κ1) is 15.6. The highest BCUT2D eigenvalue weighted by molar-refractivity contribution is 5.17. The van der Waals surface area contributed by atoms with Crippen molar-refractivity contribution in [3.63, 3.8) is 0 Å².